The lowest BCUT2D eigenvalue weighted by Crippen LogP contribution is -2.35. The van der Waals surface area contributed by atoms with Gasteiger partial charge in [-0.25, -0.2) is 4.39 Å². The van der Waals surface area contributed by atoms with Crippen molar-refractivity contribution < 1.29 is 9.18 Å². The number of thiophene rings is 1. The summed E-state index contributed by atoms with van der Waals surface area (Å²) in [5.41, 5.74) is 7.61. The smallest absolute Gasteiger partial charge is 0.266 e. The molecule has 0 unspecified atom stereocenters. The number of fused-ring (bicyclic) bond motifs is 1. The molecule has 2 aromatic rings. The number of nitrogens with two attached hydrogens (primary N) is 1. The van der Waals surface area contributed by atoms with Crippen LogP contribution in [0.2, 0.25) is 0 Å². The zero-order valence-corrected chi connectivity index (χ0v) is 12.0. The van der Waals surface area contributed by atoms with Crippen molar-refractivity contribution in [2.45, 2.75) is 13.3 Å². The normalized spacial score (nSPS) is 15.5. The minimum Gasteiger partial charge on any atom is -0.397 e. The fourth-order valence-electron chi connectivity index (χ4n) is 2.48. The van der Waals surface area contributed by atoms with Crippen LogP contribution in [-0.4, -0.2) is 23.9 Å². The molecule has 0 aliphatic carbocycles. The van der Waals surface area contributed by atoms with Crippen LogP contribution in [0.25, 0.3) is 10.1 Å². The van der Waals surface area contributed by atoms with E-state index < -0.39 is 0 Å². The summed E-state index contributed by atoms with van der Waals surface area (Å²) in [4.78, 5) is 14.9. The fraction of sp³-hybridized carbons (Fsp3) is 0.267. The lowest BCUT2D eigenvalue weighted by molar-refractivity contribution is 0.0772. The van der Waals surface area contributed by atoms with Crippen LogP contribution in [0.15, 0.2) is 29.8 Å². The van der Waals surface area contributed by atoms with E-state index in [1.54, 1.807) is 11.0 Å². The zero-order chi connectivity index (χ0) is 14.3. The Morgan fingerprint density at radius 3 is 3.00 bits per heavy atom. The number of halogens is 1. The van der Waals surface area contributed by atoms with E-state index in [1.165, 1.54) is 29.0 Å². The first kappa shape index (κ1) is 13.1. The molecule has 1 aliphatic rings. The monoisotopic (exact) mass is 290 g/mol. The Morgan fingerprint density at radius 1 is 1.45 bits per heavy atom. The molecule has 0 fully saturated rings. The van der Waals surface area contributed by atoms with E-state index in [1.807, 2.05) is 6.92 Å². The van der Waals surface area contributed by atoms with Crippen molar-refractivity contribution in [3.63, 3.8) is 0 Å². The van der Waals surface area contributed by atoms with Gasteiger partial charge in [-0.2, -0.15) is 0 Å². The number of carbonyl (C=O) groups is 1. The summed E-state index contributed by atoms with van der Waals surface area (Å²) >= 11 is 1.33. The third-order valence-electron chi connectivity index (χ3n) is 3.50. The lowest BCUT2D eigenvalue weighted by Gasteiger charge is -2.25. The highest BCUT2D eigenvalue weighted by atomic mass is 32.1. The van der Waals surface area contributed by atoms with E-state index in [0.29, 0.717) is 29.0 Å². The lowest BCUT2D eigenvalue weighted by atomic mass is 10.1. The van der Waals surface area contributed by atoms with E-state index in [4.69, 9.17) is 5.73 Å². The first-order valence-electron chi connectivity index (χ1n) is 6.48. The zero-order valence-electron chi connectivity index (χ0n) is 11.1. The maximum Gasteiger partial charge on any atom is 0.266 e. The molecule has 2 heterocycles. The van der Waals surface area contributed by atoms with Crippen LogP contribution in [0, 0.1) is 5.82 Å². The number of hydrogen-bond donors (Lipinski definition) is 1. The molecule has 104 valence electrons. The number of rotatable bonds is 1. The molecule has 0 saturated heterocycles. The molecular formula is C15H15FN2OS. The maximum absolute atomic E-state index is 13.3. The highest BCUT2D eigenvalue weighted by molar-refractivity contribution is 7.21. The second-order valence-electron chi connectivity index (χ2n) is 5.05. The number of benzene rings is 1. The fourth-order valence-corrected chi connectivity index (χ4v) is 3.55. The molecule has 1 aromatic heterocycles. The molecule has 1 aliphatic heterocycles. The molecule has 2 N–H and O–H groups in total. The quantitative estimate of drug-likeness (QED) is 0.818. The molecule has 20 heavy (non-hydrogen) atoms. The summed E-state index contributed by atoms with van der Waals surface area (Å²) in [6.07, 6.45) is 3.02. The Morgan fingerprint density at radius 2 is 2.25 bits per heavy atom. The topological polar surface area (TPSA) is 46.3 Å². The van der Waals surface area contributed by atoms with E-state index in [2.05, 4.69) is 6.08 Å². The van der Waals surface area contributed by atoms with E-state index in [9.17, 15) is 9.18 Å². The predicted molar refractivity (Wildman–Crippen MR) is 80.5 cm³/mol. The highest BCUT2D eigenvalue weighted by Gasteiger charge is 2.23. The third-order valence-corrected chi connectivity index (χ3v) is 4.68. The summed E-state index contributed by atoms with van der Waals surface area (Å²) in [6.45, 7) is 3.36. The van der Waals surface area contributed by atoms with Crippen LogP contribution < -0.4 is 5.73 Å². The Kier molecular flexibility index (Phi) is 3.22. The van der Waals surface area contributed by atoms with Crippen molar-refractivity contribution in [3.05, 3.63) is 40.5 Å². The predicted octanol–water partition coefficient (Wildman–Crippen LogP) is 3.41. The van der Waals surface area contributed by atoms with Crippen molar-refractivity contribution >= 4 is 33.0 Å². The minimum atomic E-state index is -0.335. The highest BCUT2D eigenvalue weighted by Crippen LogP contribution is 2.35. The first-order chi connectivity index (χ1) is 9.56. The Labute approximate surface area is 120 Å². The second-order valence-corrected chi connectivity index (χ2v) is 6.10. The molecule has 0 bridgehead atoms. The van der Waals surface area contributed by atoms with Gasteiger partial charge in [-0.1, -0.05) is 11.6 Å². The largest absolute Gasteiger partial charge is 0.397 e. The molecule has 0 saturated carbocycles. The summed E-state index contributed by atoms with van der Waals surface area (Å²) in [6, 6.07) is 4.45. The molecule has 3 rings (SSSR count). The molecule has 1 amide bonds. The number of carbonyl (C=O) groups excluding carboxylic acids is 1. The van der Waals surface area contributed by atoms with Crippen molar-refractivity contribution in [2.75, 3.05) is 18.8 Å². The second kappa shape index (κ2) is 4.90. The van der Waals surface area contributed by atoms with Crippen LogP contribution in [0.5, 0.6) is 0 Å². The molecule has 3 nitrogen and oxygen atoms in total. The van der Waals surface area contributed by atoms with Crippen LogP contribution in [0.4, 0.5) is 10.1 Å². The summed E-state index contributed by atoms with van der Waals surface area (Å²) in [7, 11) is 0. The molecule has 0 spiro atoms. The number of anilines is 1. The van der Waals surface area contributed by atoms with Gasteiger partial charge in [0, 0.05) is 23.2 Å². The molecule has 1 aromatic carbocycles. The van der Waals surface area contributed by atoms with Crippen LogP contribution >= 0.6 is 11.3 Å². The first-order valence-corrected chi connectivity index (χ1v) is 7.30. The molecule has 0 radical (unpaired) electrons. The van der Waals surface area contributed by atoms with Gasteiger partial charge in [0.05, 0.1) is 5.69 Å². The number of nitrogens with zero attached hydrogens (tertiary/aromatic N) is 1. The summed E-state index contributed by atoms with van der Waals surface area (Å²) < 4.78 is 14.1. The SMILES string of the molecule is CC1=CCCN(C(=O)c2sc3ccc(F)cc3c2N)C1. The van der Waals surface area contributed by atoms with Gasteiger partial charge in [-0.15, -0.1) is 11.3 Å². The van der Waals surface area contributed by atoms with E-state index >= 15 is 0 Å². The standard InChI is InChI=1S/C15H15FN2OS/c1-9-3-2-6-18(8-9)15(19)14-13(17)11-7-10(16)4-5-12(11)20-14/h3-5,7H,2,6,8,17H2,1H3. The molecule has 0 atom stereocenters. The maximum atomic E-state index is 13.3. The summed E-state index contributed by atoms with van der Waals surface area (Å²) in [5.74, 6) is -0.394. The van der Waals surface area contributed by atoms with Gasteiger partial charge in [-0.05, 0) is 31.5 Å². The number of amides is 1. The van der Waals surface area contributed by atoms with Gasteiger partial charge in [0.2, 0.25) is 0 Å². The van der Waals surface area contributed by atoms with Gasteiger partial charge in [-0.3, -0.25) is 4.79 Å². The van der Waals surface area contributed by atoms with Gasteiger partial charge >= 0.3 is 0 Å². The van der Waals surface area contributed by atoms with Gasteiger partial charge in [0.15, 0.2) is 0 Å². The van der Waals surface area contributed by atoms with Gasteiger partial charge in [0.1, 0.15) is 10.7 Å². The number of hydrogen-bond acceptors (Lipinski definition) is 3. The van der Waals surface area contributed by atoms with Crippen molar-refractivity contribution in [1.82, 2.24) is 4.90 Å². The van der Waals surface area contributed by atoms with E-state index in [-0.39, 0.29) is 11.7 Å². The molecular weight excluding hydrogens is 275 g/mol. The van der Waals surface area contributed by atoms with Crippen molar-refractivity contribution in [3.8, 4) is 0 Å². The van der Waals surface area contributed by atoms with Crippen LogP contribution in [0.1, 0.15) is 23.0 Å². The van der Waals surface area contributed by atoms with Gasteiger partial charge < -0.3 is 10.6 Å². The Hall–Kier alpha value is -1.88. The average molecular weight is 290 g/mol. The number of nitrogen functional groups attached to an aromatic ring is 1. The molecule has 5 heteroatoms. The average Bonchev–Trinajstić information content (AvgIpc) is 2.75. The Balaban J connectivity index is 2.00. The van der Waals surface area contributed by atoms with Crippen molar-refractivity contribution in [2.24, 2.45) is 0 Å². The summed E-state index contributed by atoms with van der Waals surface area (Å²) in [5, 5.41) is 0.627. The Bertz CT molecular complexity index is 720. The van der Waals surface area contributed by atoms with Crippen LogP contribution in [-0.2, 0) is 0 Å². The van der Waals surface area contributed by atoms with Crippen molar-refractivity contribution in [1.29, 1.82) is 0 Å². The third kappa shape index (κ3) is 2.18. The van der Waals surface area contributed by atoms with Crippen LogP contribution in [0.3, 0.4) is 0 Å². The van der Waals surface area contributed by atoms with Gasteiger partial charge in [0.25, 0.3) is 5.91 Å². The minimum absolute atomic E-state index is 0.0587. The van der Waals surface area contributed by atoms with E-state index in [0.717, 1.165) is 11.1 Å².